The number of carbonyl (C=O) groups excluding carboxylic acids is 1. The Morgan fingerprint density at radius 1 is 1.33 bits per heavy atom. The fourth-order valence-electron chi connectivity index (χ4n) is 2.21. The van der Waals surface area contributed by atoms with Crippen molar-refractivity contribution in [3.63, 3.8) is 0 Å². The molecule has 0 saturated heterocycles. The number of ether oxygens (including phenoxy) is 2. The third kappa shape index (κ3) is 2.83. The summed E-state index contributed by atoms with van der Waals surface area (Å²) in [5.74, 6) is -0.468. The number of fused-ring (bicyclic) bond motifs is 1. The molecule has 0 unspecified atom stereocenters. The first kappa shape index (κ1) is 15.7. The van der Waals surface area contributed by atoms with Crippen molar-refractivity contribution in [1.29, 1.82) is 0 Å². The Balaban J connectivity index is 2.18. The van der Waals surface area contributed by atoms with Crippen molar-refractivity contribution in [3.8, 4) is 6.01 Å². The first-order valence-corrected chi connectivity index (χ1v) is 7.25. The van der Waals surface area contributed by atoms with Gasteiger partial charge in [0.2, 0.25) is 5.78 Å². The monoisotopic (exact) mass is 329 g/mol. The summed E-state index contributed by atoms with van der Waals surface area (Å²) in [5, 5.41) is 3.96. The van der Waals surface area contributed by atoms with Crippen LogP contribution in [0.15, 0.2) is 35.4 Å². The maximum atomic E-state index is 12.5. The summed E-state index contributed by atoms with van der Waals surface area (Å²) < 4.78 is 12.5. The number of carbonyl (C=O) groups is 1. The van der Waals surface area contributed by atoms with Crippen LogP contribution in [0.1, 0.15) is 23.0 Å². The van der Waals surface area contributed by atoms with Gasteiger partial charge in [-0.05, 0) is 19.1 Å². The van der Waals surface area contributed by atoms with Crippen molar-refractivity contribution < 1.29 is 14.3 Å². The smallest absolute Gasteiger partial charge is 0.345 e. The van der Waals surface area contributed by atoms with E-state index in [2.05, 4.69) is 15.1 Å². The topological polar surface area (TPSA) is 101 Å². The molecule has 3 heterocycles. The molecule has 9 heteroatoms. The Kier molecular flexibility index (Phi) is 4.23. The van der Waals surface area contributed by atoms with Crippen LogP contribution in [0.25, 0.3) is 5.78 Å². The molecule has 0 aliphatic rings. The van der Waals surface area contributed by atoms with Crippen LogP contribution < -0.4 is 10.3 Å². The first-order chi connectivity index (χ1) is 11.6. The Morgan fingerprint density at radius 2 is 2.17 bits per heavy atom. The van der Waals surface area contributed by atoms with Gasteiger partial charge in [0, 0.05) is 12.4 Å². The summed E-state index contributed by atoms with van der Waals surface area (Å²) in [5.41, 5.74) is -0.0100. The molecular formula is C15H15N5O4. The third-order valence-corrected chi connectivity index (χ3v) is 3.27. The summed E-state index contributed by atoms with van der Waals surface area (Å²) in [7, 11) is 1.40. The predicted molar refractivity (Wildman–Crippen MR) is 83.1 cm³/mol. The lowest BCUT2D eigenvalue weighted by molar-refractivity contribution is 0.0522. The lowest BCUT2D eigenvalue weighted by Gasteiger charge is -2.09. The fourth-order valence-corrected chi connectivity index (χ4v) is 2.21. The average Bonchev–Trinajstić information content (AvgIpc) is 3.04. The van der Waals surface area contributed by atoms with E-state index in [0.29, 0.717) is 6.54 Å². The highest BCUT2D eigenvalue weighted by Gasteiger charge is 2.20. The average molecular weight is 329 g/mol. The minimum atomic E-state index is -0.714. The van der Waals surface area contributed by atoms with E-state index in [1.165, 1.54) is 13.3 Å². The van der Waals surface area contributed by atoms with Gasteiger partial charge in [-0.1, -0.05) is 6.07 Å². The van der Waals surface area contributed by atoms with Crippen LogP contribution in [0, 0.1) is 0 Å². The molecule has 0 fully saturated rings. The van der Waals surface area contributed by atoms with Crippen LogP contribution in [0.4, 0.5) is 0 Å². The molecule has 0 aliphatic heterocycles. The zero-order valence-corrected chi connectivity index (χ0v) is 13.2. The number of aromatic nitrogens is 5. The molecule has 3 aromatic rings. The molecular weight excluding hydrogens is 314 g/mol. The molecule has 3 rings (SSSR count). The van der Waals surface area contributed by atoms with Crippen LogP contribution in [-0.4, -0.2) is 43.8 Å². The van der Waals surface area contributed by atoms with Gasteiger partial charge in [0.05, 0.1) is 26.0 Å². The minimum absolute atomic E-state index is 0.0304. The van der Waals surface area contributed by atoms with E-state index in [-0.39, 0.29) is 24.0 Å². The van der Waals surface area contributed by atoms with Gasteiger partial charge in [-0.25, -0.2) is 4.79 Å². The molecule has 3 aromatic heterocycles. The minimum Gasteiger partial charge on any atom is -0.466 e. The lowest BCUT2D eigenvalue weighted by atomic mass is 10.3. The van der Waals surface area contributed by atoms with Crippen molar-refractivity contribution in [1.82, 2.24) is 24.1 Å². The second kappa shape index (κ2) is 6.49. The molecule has 0 atom stereocenters. The van der Waals surface area contributed by atoms with Crippen LogP contribution in [0.5, 0.6) is 6.01 Å². The van der Waals surface area contributed by atoms with Gasteiger partial charge in [0.1, 0.15) is 5.56 Å². The molecule has 124 valence electrons. The van der Waals surface area contributed by atoms with E-state index < -0.39 is 11.5 Å². The van der Waals surface area contributed by atoms with Crippen molar-refractivity contribution >= 4 is 11.7 Å². The van der Waals surface area contributed by atoms with Crippen molar-refractivity contribution in [2.45, 2.75) is 13.5 Å². The molecule has 9 nitrogen and oxygen atoms in total. The number of hydrogen-bond acceptors (Lipinski definition) is 7. The Bertz CT molecular complexity index is 932. The van der Waals surface area contributed by atoms with Gasteiger partial charge < -0.3 is 14.0 Å². The van der Waals surface area contributed by atoms with Gasteiger partial charge in [0.25, 0.3) is 5.56 Å². The van der Waals surface area contributed by atoms with Crippen LogP contribution in [0.2, 0.25) is 0 Å². The van der Waals surface area contributed by atoms with E-state index in [1.54, 1.807) is 23.8 Å². The summed E-state index contributed by atoms with van der Waals surface area (Å²) in [6, 6.07) is 5.50. The molecule has 0 radical (unpaired) electrons. The molecule has 0 bridgehead atoms. The highest BCUT2D eigenvalue weighted by Crippen LogP contribution is 2.09. The lowest BCUT2D eigenvalue weighted by Crippen LogP contribution is -2.27. The summed E-state index contributed by atoms with van der Waals surface area (Å²) in [6.45, 7) is 2.14. The quantitative estimate of drug-likeness (QED) is 0.629. The molecule has 0 aliphatic carbocycles. The van der Waals surface area contributed by atoms with Crippen LogP contribution in [-0.2, 0) is 11.3 Å². The molecule has 0 amide bonds. The summed E-state index contributed by atoms with van der Waals surface area (Å²) in [4.78, 5) is 32.9. The second-order valence-corrected chi connectivity index (χ2v) is 4.83. The van der Waals surface area contributed by atoms with Gasteiger partial charge in [0.15, 0.2) is 0 Å². The van der Waals surface area contributed by atoms with Crippen molar-refractivity contribution in [2.24, 2.45) is 0 Å². The molecule has 0 aromatic carbocycles. The highest BCUT2D eigenvalue weighted by molar-refractivity contribution is 5.88. The number of hydrogen-bond donors (Lipinski definition) is 0. The molecule has 0 spiro atoms. The Morgan fingerprint density at radius 3 is 2.83 bits per heavy atom. The van der Waals surface area contributed by atoms with E-state index >= 15 is 0 Å². The maximum absolute atomic E-state index is 12.5. The predicted octanol–water partition coefficient (Wildman–Crippen LogP) is 0.520. The number of methoxy groups -OCH3 is 1. The first-order valence-electron chi connectivity index (χ1n) is 7.25. The molecule has 24 heavy (non-hydrogen) atoms. The van der Waals surface area contributed by atoms with Gasteiger partial charge >= 0.3 is 12.0 Å². The zero-order chi connectivity index (χ0) is 17.1. The number of pyridine rings is 1. The highest BCUT2D eigenvalue weighted by atomic mass is 16.5. The van der Waals surface area contributed by atoms with Crippen molar-refractivity contribution in [3.05, 3.63) is 52.2 Å². The van der Waals surface area contributed by atoms with E-state index in [0.717, 1.165) is 10.2 Å². The van der Waals surface area contributed by atoms with E-state index in [9.17, 15) is 9.59 Å². The summed E-state index contributed by atoms with van der Waals surface area (Å²) in [6.07, 6.45) is 3.06. The normalized spacial score (nSPS) is 10.8. The largest absolute Gasteiger partial charge is 0.466 e. The van der Waals surface area contributed by atoms with Gasteiger partial charge in [-0.15, -0.1) is 5.10 Å². The summed E-state index contributed by atoms with van der Waals surface area (Å²) >= 11 is 0. The number of nitrogens with zero attached hydrogens (tertiary/aromatic N) is 5. The van der Waals surface area contributed by atoms with E-state index in [4.69, 9.17) is 9.47 Å². The standard InChI is InChI=1S/C15H15N5O4/c1-3-24-13(22)11-9-19(8-10-6-4-5-7-16-10)15-17-14(23-2)18-20(15)12(11)21/h4-7,9H,3,8H2,1-2H3. The SMILES string of the molecule is CCOC(=O)c1cn(Cc2ccccn2)c2nc(OC)nn2c1=O. The fraction of sp³-hybridized carbons (Fsp3) is 0.267. The number of rotatable bonds is 5. The third-order valence-electron chi connectivity index (χ3n) is 3.27. The number of esters is 1. The molecule has 0 N–H and O–H groups in total. The molecule has 0 saturated carbocycles. The second-order valence-electron chi connectivity index (χ2n) is 4.83. The Labute approximate surface area is 136 Å². The van der Waals surface area contributed by atoms with Crippen LogP contribution in [0.3, 0.4) is 0 Å². The van der Waals surface area contributed by atoms with Crippen LogP contribution >= 0.6 is 0 Å². The van der Waals surface area contributed by atoms with E-state index in [1.807, 2.05) is 12.1 Å². The van der Waals surface area contributed by atoms with Crippen molar-refractivity contribution in [2.75, 3.05) is 13.7 Å². The Hall–Kier alpha value is -3.23. The zero-order valence-electron chi connectivity index (χ0n) is 13.2. The van der Waals surface area contributed by atoms with Gasteiger partial charge in [-0.3, -0.25) is 9.78 Å². The maximum Gasteiger partial charge on any atom is 0.345 e. The van der Waals surface area contributed by atoms with Gasteiger partial charge in [-0.2, -0.15) is 9.50 Å².